The van der Waals surface area contributed by atoms with E-state index in [0.29, 0.717) is 0 Å². The van der Waals surface area contributed by atoms with Crippen LogP contribution in [0.3, 0.4) is 0 Å². The molecule has 1 N–H and O–H groups in total. The Morgan fingerprint density at radius 3 is 2.36 bits per heavy atom. The van der Waals surface area contributed by atoms with Gasteiger partial charge in [-0.3, -0.25) is 4.79 Å². The maximum absolute atomic E-state index is 11.3. The van der Waals surface area contributed by atoms with Crippen LogP contribution >= 0.6 is 0 Å². The summed E-state index contributed by atoms with van der Waals surface area (Å²) in [5.74, 6) is -0.196. The predicted octanol–water partition coefficient (Wildman–Crippen LogP) is 0.185. The summed E-state index contributed by atoms with van der Waals surface area (Å²) in [5.41, 5.74) is 0. The number of hydrogen-bond donors (Lipinski definition) is 1. The lowest BCUT2D eigenvalue weighted by molar-refractivity contribution is -0.119. The third-order valence-electron chi connectivity index (χ3n) is 1.82. The third kappa shape index (κ3) is 3.44. The van der Waals surface area contributed by atoms with Gasteiger partial charge in [0.15, 0.2) is 5.25 Å². The standard InChI is InChI=1S/C8H14N2O3S/c1-4-8(11)7(3)10-14(12,13)6(2)5-9/h6-7,10H,4H2,1-3H3. The summed E-state index contributed by atoms with van der Waals surface area (Å²) in [7, 11) is -3.70. The molecule has 0 spiro atoms. The minimum atomic E-state index is -3.70. The van der Waals surface area contributed by atoms with Gasteiger partial charge in [0.2, 0.25) is 10.0 Å². The highest BCUT2D eigenvalue weighted by Gasteiger charge is 2.24. The molecule has 0 aliphatic rings. The Kier molecular flexibility index (Phi) is 4.74. The number of nitrogens with one attached hydrogen (secondary N) is 1. The summed E-state index contributed by atoms with van der Waals surface area (Å²) in [5, 5.41) is 7.28. The van der Waals surface area contributed by atoms with E-state index in [-0.39, 0.29) is 12.2 Å². The smallest absolute Gasteiger partial charge is 0.228 e. The van der Waals surface area contributed by atoms with Crippen molar-refractivity contribution < 1.29 is 13.2 Å². The van der Waals surface area contributed by atoms with Crippen LogP contribution in [0.15, 0.2) is 0 Å². The molecule has 2 unspecified atom stereocenters. The van der Waals surface area contributed by atoms with E-state index in [9.17, 15) is 13.2 Å². The van der Waals surface area contributed by atoms with Crippen molar-refractivity contribution in [2.45, 2.75) is 38.5 Å². The molecule has 0 rings (SSSR count). The summed E-state index contributed by atoms with van der Waals surface area (Å²) in [4.78, 5) is 11.1. The van der Waals surface area contributed by atoms with Gasteiger partial charge in [0, 0.05) is 6.42 Å². The highest BCUT2D eigenvalue weighted by Crippen LogP contribution is 2.00. The predicted molar refractivity (Wildman–Crippen MR) is 51.9 cm³/mol. The van der Waals surface area contributed by atoms with E-state index in [1.54, 1.807) is 13.0 Å². The zero-order valence-corrected chi connectivity index (χ0v) is 9.26. The van der Waals surface area contributed by atoms with Gasteiger partial charge in [0.1, 0.15) is 5.78 Å². The Balaban J connectivity index is 4.55. The van der Waals surface area contributed by atoms with Crippen molar-refractivity contribution in [1.82, 2.24) is 4.72 Å². The van der Waals surface area contributed by atoms with Crippen molar-refractivity contribution in [3.63, 3.8) is 0 Å². The van der Waals surface area contributed by atoms with Gasteiger partial charge in [-0.05, 0) is 13.8 Å². The molecule has 6 heteroatoms. The minimum Gasteiger partial charge on any atom is -0.298 e. The summed E-state index contributed by atoms with van der Waals surface area (Å²) in [6, 6.07) is 0.843. The number of hydrogen-bond acceptors (Lipinski definition) is 4. The van der Waals surface area contributed by atoms with Crippen molar-refractivity contribution in [1.29, 1.82) is 5.26 Å². The van der Waals surface area contributed by atoms with Gasteiger partial charge in [-0.2, -0.15) is 5.26 Å². The quantitative estimate of drug-likeness (QED) is 0.713. The second kappa shape index (κ2) is 5.08. The molecule has 0 aromatic rings. The highest BCUT2D eigenvalue weighted by molar-refractivity contribution is 7.90. The lowest BCUT2D eigenvalue weighted by atomic mass is 10.2. The van der Waals surface area contributed by atoms with Gasteiger partial charge in [-0.15, -0.1) is 0 Å². The maximum atomic E-state index is 11.3. The minimum absolute atomic E-state index is 0.196. The van der Waals surface area contributed by atoms with Crippen molar-refractivity contribution in [2.75, 3.05) is 0 Å². The molecule has 0 amide bonds. The van der Waals surface area contributed by atoms with Crippen molar-refractivity contribution in [3.8, 4) is 6.07 Å². The molecule has 0 aliphatic carbocycles. The second-order valence-electron chi connectivity index (χ2n) is 2.98. The first-order valence-electron chi connectivity index (χ1n) is 4.28. The third-order valence-corrected chi connectivity index (χ3v) is 3.54. The van der Waals surface area contributed by atoms with Crippen LogP contribution in [0, 0.1) is 11.3 Å². The molecule has 0 aliphatic heterocycles. The fraction of sp³-hybridized carbons (Fsp3) is 0.750. The molecule has 14 heavy (non-hydrogen) atoms. The lowest BCUT2D eigenvalue weighted by Gasteiger charge is -2.13. The molecule has 5 nitrogen and oxygen atoms in total. The molecule has 2 atom stereocenters. The molecular formula is C8H14N2O3S. The lowest BCUT2D eigenvalue weighted by Crippen LogP contribution is -2.42. The number of carbonyl (C=O) groups excluding carboxylic acids is 1. The average molecular weight is 218 g/mol. The number of Topliss-reactive ketones (excluding diaryl/α,β-unsaturated/α-hetero) is 1. The number of sulfonamides is 1. The second-order valence-corrected chi connectivity index (χ2v) is 5.01. The topological polar surface area (TPSA) is 87.0 Å². The van der Waals surface area contributed by atoms with Gasteiger partial charge in [-0.1, -0.05) is 6.92 Å². The van der Waals surface area contributed by atoms with E-state index in [1.807, 2.05) is 0 Å². The summed E-state index contributed by atoms with van der Waals surface area (Å²) in [6.07, 6.45) is 0.268. The first-order chi connectivity index (χ1) is 6.35. The summed E-state index contributed by atoms with van der Waals surface area (Å²) in [6.45, 7) is 4.39. The zero-order valence-electron chi connectivity index (χ0n) is 8.44. The number of carbonyl (C=O) groups is 1. The SMILES string of the molecule is CCC(=O)C(C)NS(=O)(=O)C(C)C#N. The van der Waals surface area contributed by atoms with E-state index in [2.05, 4.69) is 4.72 Å². The molecule has 0 aromatic heterocycles. The van der Waals surface area contributed by atoms with Gasteiger partial charge < -0.3 is 0 Å². The van der Waals surface area contributed by atoms with Crippen molar-refractivity contribution in [3.05, 3.63) is 0 Å². The highest BCUT2D eigenvalue weighted by atomic mass is 32.2. The monoisotopic (exact) mass is 218 g/mol. The van der Waals surface area contributed by atoms with Crippen LogP contribution in [0.2, 0.25) is 0 Å². The van der Waals surface area contributed by atoms with E-state index in [0.717, 1.165) is 0 Å². The van der Waals surface area contributed by atoms with Crippen LogP contribution in [0.1, 0.15) is 27.2 Å². The maximum Gasteiger partial charge on any atom is 0.228 e. The van der Waals surface area contributed by atoms with Crippen LogP contribution < -0.4 is 4.72 Å². The van der Waals surface area contributed by atoms with Crippen LogP contribution in [-0.2, 0) is 14.8 Å². The first-order valence-corrected chi connectivity index (χ1v) is 5.83. The zero-order chi connectivity index (χ0) is 11.4. The van der Waals surface area contributed by atoms with E-state index in [1.165, 1.54) is 13.8 Å². The molecular weight excluding hydrogens is 204 g/mol. The summed E-state index contributed by atoms with van der Waals surface area (Å²) < 4.78 is 24.8. The van der Waals surface area contributed by atoms with Gasteiger partial charge in [-0.25, -0.2) is 13.1 Å². The molecule has 0 heterocycles. The molecule has 0 radical (unpaired) electrons. The Morgan fingerprint density at radius 1 is 1.50 bits per heavy atom. The molecule has 0 saturated carbocycles. The number of rotatable bonds is 5. The van der Waals surface area contributed by atoms with Gasteiger partial charge in [0.05, 0.1) is 12.1 Å². The molecule has 0 fully saturated rings. The summed E-state index contributed by atoms with van der Waals surface area (Å²) >= 11 is 0. The Bertz CT molecular complexity index is 342. The molecule has 0 saturated heterocycles. The molecule has 0 aromatic carbocycles. The van der Waals surface area contributed by atoms with E-state index < -0.39 is 21.3 Å². The van der Waals surface area contributed by atoms with Crippen LogP contribution in [0.5, 0.6) is 0 Å². The van der Waals surface area contributed by atoms with E-state index >= 15 is 0 Å². The fourth-order valence-corrected chi connectivity index (χ4v) is 1.76. The Labute approximate surface area is 84.2 Å². The van der Waals surface area contributed by atoms with Crippen LogP contribution in [-0.4, -0.2) is 25.5 Å². The van der Waals surface area contributed by atoms with Gasteiger partial charge in [0.25, 0.3) is 0 Å². The Hall–Kier alpha value is -0.930. The van der Waals surface area contributed by atoms with Gasteiger partial charge >= 0.3 is 0 Å². The van der Waals surface area contributed by atoms with Crippen LogP contribution in [0.4, 0.5) is 0 Å². The molecule has 0 bridgehead atoms. The number of nitriles is 1. The van der Waals surface area contributed by atoms with E-state index in [4.69, 9.17) is 5.26 Å². The Morgan fingerprint density at radius 2 is 2.00 bits per heavy atom. The molecule has 80 valence electrons. The average Bonchev–Trinajstić information content (AvgIpc) is 2.14. The van der Waals surface area contributed by atoms with Crippen LogP contribution in [0.25, 0.3) is 0 Å². The fourth-order valence-electron chi connectivity index (χ4n) is 0.790. The van der Waals surface area contributed by atoms with Crippen molar-refractivity contribution in [2.24, 2.45) is 0 Å². The number of nitrogens with zero attached hydrogens (tertiary/aromatic N) is 1. The normalized spacial score (nSPS) is 15.6. The first kappa shape index (κ1) is 13.1. The van der Waals surface area contributed by atoms with Crippen molar-refractivity contribution >= 4 is 15.8 Å². The largest absolute Gasteiger partial charge is 0.298 e. The number of ketones is 1.